The van der Waals surface area contributed by atoms with Crippen LogP contribution in [0.15, 0.2) is 24.3 Å². The van der Waals surface area contributed by atoms with E-state index in [-0.39, 0.29) is 0 Å². The molecule has 100 valence electrons. The fourth-order valence-corrected chi connectivity index (χ4v) is 2.64. The van der Waals surface area contributed by atoms with Crippen LogP contribution in [0, 0.1) is 5.92 Å². The van der Waals surface area contributed by atoms with Gasteiger partial charge in [-0.15, -0.1) is 0 Å². The lowest BCUT2D eigenvalue weighted by atomic mass is 9.92. The Morgan fingerprint density at radius 3 is 3.06 bits per heavy atom. The highest BCUT2D eigenvalue weighted by molar-refractivity contribution is 5.30. The van der Waals surface area contributed by atoms with Crippen molar-refractivity contribution in [2.45, 2.75) is 39.2 Å². The second-order valence-electron chi connectivity index (χ2n) is 5.30. The maximum Gasteiger partial charge on any atom is 0.0827 e. The first-order valence-corrected chi connectivity index (χ1v) is 7.21. The molecule has 2 rings (SSSR count). The van der Waals surface area contributed by atoms with Gasteiger partial charge in [0.25, 0.3) is 0 Å². The molecule has 18 heavy (non-hydrogen) atoms. The quantitative estimate of drug-likeness (QED) is 0.832. The summed E-state index contributed by atoms with van der Waals surface area (Å²) in [5.74, 6) is 0.725. The first kappa shape index (κ1) is 13.6. The van der Waals surface area contributed by atoms with Crippen molar-refractivity contribution < 1.29 is 4.74 Å². The van der Waals surface area contributed by atoms with Gasteiger partial charge in [0.15, 0.2) is 0 Å². The first-order chi connectivity index (χ1) is 8.81. The molecule has 2 heteroatoms. The number of hydrogen-bond donors (Lipinski definition) is 1. The van der Waals surface area contributed by atoms with Crippen LogP contribution in [0.2, 0.25) is 0 Å². The third-order valence-corrected chi connectivity index (χ3v) is 3.76. The van der Waals surface area contributed by atoms with Crippen molar-refractivity contribution in [3.05, 3.63) is 35.4 Å². The molecule has 1 aromatic carbocycles. The minimum absolute atomic E-state index is 0.319. The normalized spacial score (nSPS) is 20.4. The number of fused-ring (bicyclic) bond motifs is 1. The van der Waals surface area contributed by atoms with Gasteiger partial charge < -0.3 is 10.1 Å². The number of benzene rings is 1. The van der Waals surface area contributed by atoms with E-state index in [1.807, 2.05) is 0 Å². The minimum atomic E-state index is 0.319. The molecule has 1 aromatic rings. The SMILES string of the molecule is CCNCC(C)CCC1OCCc2ccccc21. The van der Waals surface area contributed by atoms with Crippen LogP contribution in [0.5, 0.6) is 0 Å². The van der Waals surface area contributed by atoms with Crippen molar-refractivity contribution in [2.24, 2.45) is 5.92 Å². The van der Waals surface area contributed by atoms with Crippen molar-refractivity contribution in [3.8, 4) is 0 Å². The van der Waals surface area contributed by atoms with E-state index in [0.717, 1.165) is 38.5 Å². The zero-order valence-electron chi connectivity index (χ0n) is 11.6. The van der Waals surface area contributed by atoms with Gasteiger partial charge in [-0.2, -0.15) is 0 Å². The van der Waals surface area contributed by atoms with Crippen LogP contribution in [0.1, 0.15) is 43.9 Å². The zero-order chi connectivity index (χ0) is 12.8. The Bertz CT molecular complexity index is 364. The van der Waals surface area contributed by atoms with E-state index >= 15 is 0 Å². The predicted molar refractivity (Wildman–Crippen MR) is 75.8 cm³/mol. The third kappa shape index (κ3) is 3.56. The van der Waals surface area contributed by atoms with Gasteiger partial charge in [0, 0.05) is 0 Å². The summed E-state index contributed by atoms with van der Waals surface area (Å²) in [6, 6.07) is 8.73. The summed E-state index contributed by atoms with van der Waals surface area (Å²) >= 11 is 0. The molecular weight excluding hydrogens is 222 g/mol. The molecule has 0 spiro atoms. The lowest BCUT2D eigenvalue weighted by molar-refractivity contribution is 0.0327. The van der Waals surface area contributed by atoms with Gasteiger partial charge in [-0.05, 0) is 49.4 Å². The maximum atomic E-state index is 5.94. The van der Waals surface area contributed by atoms with E-state index in [1.165, 1.54) is 17.5 Å². The molecule has 1 heterocycles. The van der Waals surface area contributed by atoms with Gasteiger partial charge in [-0.25, -0.2) is 0 Å². The van der Waals surface area contributed by atoms with Crippen molar-refractivity contribution in [1.29, 1.82) is 0 Å². The second kappa shape index (κ2) is 6.91. The molecule has 0 radical (unpaired) electrons. The summed E-state index contributed by atoms with van der Waals surface area (Å²) < 4.78 is 5.94. The average Bonchev–Trinajstić information content (AvgIpc) is 2.42. The number of nitrogens with one attached hydrogen (secondary N) is 1. The van der Waals surface area contributed by atoms with Crippen LogP contribution >= 0.6 is 0 Å². The van der Waals surface area contributed by atoms with Crippen LogP contribution in [0.3, 0.4) is 0 Å². The Morgan fingerprint density at radius 1 is 1.39 bits per heavy atom. The van der Waals surface area contributed by atoms with Crippen LogP contribution in [-0.2, 0) is 11.2 Å². The highest BCUT2D eigenvalue weighted by atomic mass is 16.5. The van der Waals surface area contributed by atoms with E-state index in [4.69, 9.17) is 4.74 Å². The van der Waals surface area contributed by atoms with Crippen molar-refractivity contribution in [1.82, 2.24) is 5.32 Å². The highest BCUT2D eigenvalue weighted by Gasteiger charge is 2.20. The molecule has 1 N–H and O–H groups in total. The lowest BCUT2D eigenvalue weighted by Crippen LogP contribution is -2.22. The molecule has 2 nitrogen and oxygen atoms in total. The van der Waals surface area contributed by atoms with E-state index in [0.29, 0.717) is 6.10 Å². The predicted octanol–water partition coefficient (Wildman–Crippen LogP) is 3.33. The zero-order valence-corrected chi connectivity index (χ0v) is 11.6. The Morgan fingerprint density at radius 2 is 2.22 bits per heavy atom. The van der Waals surface area contributed by atoms with Crippen molar-refractivity contribution in [2.75, 3.05) is 19.7 Å². The molecular formula is C16H25NO. The van der Waals surface area contributed by atoms with Crippen molar-refractivity contribution in [3.63, 3.8) is 0 Å². The Labute approximate surface area is 111 Å². The number of rotatable bonds is 6. The molecule has 0 saturated heterocycles. The fraction of sp³-hybridized carbons (Fsp3) is 0.625. The minimum Gasteiger partial charge on any atom is -0.373 e. The second-order valence-corrected chi connectivity index (χ2v) is 5.30. The average molecular weight is 247 g/mol. The van der Waals surface area contributed by atoms with E-state index < -0.39 is 0 Å². The maximum absolute atomic E-state index is 5.94. The molecule has 0 aromatic heterocycles. The van der Waals surface area contributed by atoms with Gasteiger partial charge in [0.2, 0.25) is 0 Å². The molecule has 2 unspecified atom stereocenters. The van der Waals surface area contributed by atoms with E-state index in [9.17, 15) is 0 Å². The smallest absolute Gasteiger partial charge is 0.0827 e. The standard InChI is InChI=1S/C16H25NO/c1-3-17-12-13(2)8-9-16-15-7-5-4-6-14(15)10-11-18-16/h4-7,13,16-17H,3,8-12H2,1-2H3. The fourth-order valence-electron chi connectivity index (χ4n) is 2.64. The summed E-state index contributed by atoms with van der Waals surface area (Å²) in [4.78, 5) is 0. The molecule has 0 aliphatic carbocycles. The molecule has 1 aliphatic rings. The van der Waals surface area contributed by atoms with Gasteiger partial charge in [-0.3, -0.25) is 0 Å². The molecule has 0 saturated carbocycles. The molecule has 0 amide bonds. The Hall–Kier alpha value is -0.860. The monoisotopic (exact) mass is 247 g/mol. The topological polar surface area (TPSA) is 21.3 Å². The summed E-state index contributed by atoms with van der Waals surface area (Å²) in [5, 5.41) is 3.41. The van der Waals surface area contributed by atoms with E-state index in [1.54, 1.807) is 0 Å². The van der Waals surface area contributed by atoms with Crippen LogP contribution < -0.4 is 5.32 Å². The third-order valence-electron chi connectivity index (χ3n) is 3.76. The van der Waals surface area contributed by atoms with Gasteiger partial charge >= 0.3 is 0 Å². The van der Waals surface area contributed by atoms with Crippen LogP contribution in [-0.4, -0.2) is 19.7 Å². The summed E-state index contributed by atoms with van der Waals surface area (Å²) in [7, 11) is 0. The molecule has 0 fully saturated rings. The number of hydrogen-bond acceptors (Lipinski definition) is 2. The Kier molecular flexibility index (Phi) is 5.21. The van der Waals surface area contributed by atoms with Gasteiger partial charge in [0.1, 0.15) is 0 Å². The largest absolute Gasteiger partial charge is 0.373 e. The molecule has 0 bridgehead atoms. The molecule has 1 aliphatic heterocycles. The number of ether oxygens (including phenoxy) is 1. The Balaban J connectivity index is 1.87. The lowest BCUT2D eigenvalue weighted by Gasteiger charge is -2.27. The highest BCUT2D eigenvalue weighted by Crippen LogP contribution is 2.31. The molecule has 2 atom stereocenters. The summed E-state index contributed by atoms with van der Waals surface area (Å²) in [6.45, 7) is 7.53. The first-order valence-electron chi connectivity index (χ1n) is 7.21. The van der Waals surface area contributed by atoms with Gasteiger partial charge in [-0.1, -0.05) is 38.1 Å². The van der Waals surface area contributed by atoms with Gasteiger partial charge in [0.05, 0.1) is 12.7 Å². The summed E-state index contributed by atoms with van der Waals surface area (Å²) in [5.41, 5.74) is 2.90. The van der Waals surface area contributed by atoms with Crippen LogP contribution in [0.25, 0.3) is 0 Å². The van der Waals surface area contributed by atoms with Crippen molar-refractivity contribution >= 4 is 0 Å². The summed E-state index contributed by atoms with van der Waals surface area (Å²) in [6.07, 6.45) is 3.76. The van der Waals surface area contributed by atoms with E-state index in [2.05, 4.69) is 43.4 Å². The van der Waals surface area contributed by atoms with Crippen LogP contribution in [0.4, 0.5) is 0 Å².